The van der Waals surface area contributed by atoms with Gasteiger partial charge in [0.1, 0.15) is 36.8 Å². The number of carboxylic acids is 1. The highest BCUT2D eigenvalue weighted by Crippen LogP contribution is 2.36. The van der Waals surface area contributed by atoms with Crippen LogP contribution >= 0.6 is 0 Å². The van der Waals surface area contributed by atoms with Gasteiger partial charge in [0.05, 0.1) is 76.8 Å². The number of rotatable bonds is 23. The first-order valence-electron chi connectivity index (χ1n) is 15.6. The molecule has 0 saturated carbocycles. The van der Waals surface area contributed by atoms with E-state index < -0.39 is 52.6 Å². The number of anilines is 1. The van der Waals surface area contributed by atoms with Gasteiger partial charge in [-0.1, -0.05) is 5.21 Å². The third-order valence-electron chi connectivity index (χ3n) is 7.66. The first kappa shape index (κ1) is 38.4. The summed E-state index contributed by atoms with van der Waals surface area (Å²) in [5.74, 6) is -0.917. The molecular weight excluding hydrogens is 670 g/mol. The van der Waals surface area contributed by atoms with E-state index in [0.29, 0.717) is 50.4 Å². The van der Waals surface area contributed by atoms with Gasteiger partial charge in [-0.3, -0.25) is 9.36 Å². The Kier molecular flexibility index (Phi) is 14.5. The summed E-state index contributed by atoms with van der Waals surface area (Å²) >= 11 is 0. The first-order valence-corrected chi connectivity index (χ1v) is 17.5. The second-order valence-corrected chi connectivity index (χ2v) is 13.2. The van der Waals surface area contributed by atoms with Gasteiger partial charge >= 0.3 is 5.97 Å². The van der Waals surface area contributed by atoms with Crippen molar-refractivity contribution in [2.45, 2.75) is 68.9 Å². The van der Waals surface area contributed by atoms with Gasteiger partial charge in [-0.2, -0.15) is 4.72 Å². The minimum Gasteiger partial charge on any atom is -0.480 e. The lowest BCUT2D eigenvalue weighted by atomic mass is 9.98. The van der Waals surface area contributed by atoms with Crippen molar-refractivity contribution in [1.82, 2.24) is 39.2 Å². The number of aromatic nitrogens is 7. The average molecular weight is 716 g/mol. The number of nitrogen functional groups attached to an aromatic ring is 1. The molecule has 0 spiro atoms. The van der Waals surface area contributed by atoms with Crippen molar-refractivity contribution in [2.75, 3.05) is 58.4 Å². The van der Waals surface area contributed by atoms with Crippen LogP contribution in [-0.4, -0.2) is 142 Å². The summed E-state index contributed by atoms with van der Waals surface area (Å²) in [7, 11) is -3.30. The molecule has 0 bridgehead atoms. The molecule has 0 aromatic carbocycles. The van der Waals surface area contributed by atoms with Crippen LogP contribution in [-0.2, 0) is 51.5 Å². The number of sulfonamides is 1. The lowest BCUT2D eigenvalue weighted by Gasteiger charge is -2.22. The minimum absolute atomic E-state index is 0.116. The third-order valence-corrected chi connectivity index (χ3v) is 8.30. The Bertz CT molecular complexity index is 1580. The Hall–Kier alpha value is -3.45. The second kappa shape index (κ2) is 18.5. The molecule has 1 fully saturated rings. The molecule has 21 nitrogen and oxygen atoms in total. The molecule has 0 radical (unpaired) electrons. The Morgan fingerprint density at radius 1 is 1.08 bits per heavy atom. The highest BCUT2D eigenvalue weighted by atomic mass is 32.2. The molecule has 274 valence electrons. The predicted octanol–water partition coefficient (Wildman–Crippen LogP) is -2.65. The zero-order valence-electron chi connectivity index (χ0n) is 27.1. The van der Waals surface area contributed by atoms with E-state index in [2.05, 4.69) is 30.0 Å². The summed E-state index contributed by atoms with van der Waals surface area (Å²) in [6.45, 7) is 2.05. The highest BCUT2D eigenvalue weighted by molar-refractivity contribution is 7.88. The van der Waals surface area contributed by atoms with Crippen LogP contribution in [0.3, 0.4) is 0 Å². The molecule has 49 heavy (non-hydrogen) atoms. The number of hydrogen-bond donors (Lipinski definition) is 6. The molecule has 1 saturated heterocycles. The maximum Gasteiger partial charge on any atom is 0.320 e. The molecule has 4 rings (SSSR count). The fourth-order valence-corrected chi connectivity index (χ4v) is 5.38. The minimum atomic E-state index is -3.30. The number of fused-ring (bicyclic) bond motifs is 1. The Labute approximate surface area is 282 Å². The average Bonchev–Trinajstić information content (AvgIpc) is 3.76. The second-order valence-electron chi connectivity index (χ2n) is 11.4. The predicted molar refractivity (Wildman–Crippen MR) is 171 cm³/mol. The van der Waals surface area contributed by atoms with Crippen LogP contribution in [0.2, 0.25) is 0 Å². The van der Waals surface area contributed by atoms with E-state index in [9.17, 15) is 18.3 Å². The van der Waals surface area contributed by atoms with Crippen LogP contribution in [0, 0.1) is 0 Å². The number of imidazole rings is 1. The van der Waals surface area contributed by atoms with Crippen LogP contribution in [0.15, 0.2) is 18.9 Å². The molecule has 9 N–H and O–H groups in total. The number of ether oxygens (including phenoxy) is 5. The smallest absolute Gasteiger partial charge is 0.320 e. The zero-order valence-corrected chi connectivity index (χ0v) is 27.9. The number of nitrogens with zero attached hydrogens (tertiary/aromatic N) is 7. The summed E-state index contributed by atoms with van der Waals surface area (Å²) in [5.41, 5.74) is 19.4. The van der Waals surface area contributed by atoms with Crippen molar-refractivity contribution < 1.29 is 47.1 Å². The van der Waals surface area contributed by atoms with Gasteiger partial charge in [0.15, 0.2) is 17.7 Å². The molecule has 4 heterocycles. The highest BCUT2D eigenvalue weighted by Gasteiger charge is 2.46. The zero-order chi connectivity index (χ0) is 35.4. The lowest BCUT2D eigenvalue weighted by molar-refractivity contribution is -0.138. The SMILES string of the molecule is CS(=O)(=O)NCOCCOCCOCCn1nncc1CCO[C@@H]1[C@H](O)[C@@H](C[C@@H](N)CC[C@H](N)C(=O)O)O[C@H]1n1cnc2c(N)ncnc21. The summed E-state index contributed by atoms with van der Waals surface area (Å²) < 4.78 is 56.1. The van der Waals surface area contributed by atoms with Gasteiger partial charge < -0.3 is 51.1 Å². The fourth-order valence-electron chi connectivity index (χ4n) is 5.08. The van der Waals surface area contributed by atoms with Crippen molar-refractivity contribution in [2.24, 2.45) is 11.5 Å². The molecule has 3 aromatic heterocycles. The summed E-state index contributed by atoms with van der Waals surface area (Å²) in [6, 6.07) is -1.52. The summed E-state index contributed by atoms with van der Waals surface area (Å²) in [6.07, 6.45) is 3.11. The quantitative estimate of drug-likeness (QED) is 0.0431. The van der Waals surface area contributed by atoms with E-state index in [1.807, 2.05) is 0 Å². The fraction of sp³-hybridized carbons (Fsp3) is 0.704. The monoisotopic (exact) mass is 715 g/mol. The molecular formula is C27H45N11O10S. The van der Waals surface area contributed by atoms with E-state index in [1.165, 1.54) is 12.7 Å². The molecule has 1 aliphatic heterocycles. The van der Waals surface area contributed by atoms with Crippen LogP contribution in [0.4, 0.5) is 5.82 Å². The number of aliphatic hydroxyl groups is 1. The molecule has 0 aliphatic carbocycles. The van der Waals surface area contributed by atoms with Crippen molar-refractivity contribution in [3.63, 3.8) is 0 Å². The van der Waals surface area contributed by atoms with Crippen LogP contribution in [0.1, 0.15) is 31.2 Å². The van der Waals surface area contributed by atoms with Gasteiger partial charge in [-0.15, -0.1) is 5.10 Å². The molecule has 22 heteroatoms. The normalized spacial score (nSPS) is 21.0. The molecule has 1 aliphatic rings. The van der Waals surface area contributed by atoms with E-state index >= 15 is 0 Å². The molecule has 3 aromatic rings. The number of aliphatic carboxylic acids is 1. The van der Waals surface area contributed by atoms with Gasteiger partial charge in [-0.25, -0.2) is 28.1 Å². The molecule has 6 atom stereocenters. The maximum absolute atomic E-state index is 11.4. The van der Waals surface area contributed by atoms with Crippen molar-refractivity contribution in [1.29, 1.82) is 0 Å². The van der Waals surface area contributed by atoms with Crippen LogP contribution < -0.4 is 21.9 Å². The van der Waals surface area contributed by atoms with Crippen molar-refractivity contribution in [3.05, 3.63) is 24.5 Å². The van der Waals surface area contributed by atoms with Gasteiger partial charge in [-0.05, 0) is 19.3 Å². The maximum atomic E-state index is 11.4. The standard InChI is InChI=1S/C27H45N11O10S/c1-49(42,43)35-16-46-11-10-45-9-8-44-7-5-38-18(13-34-36-38)4-6-47-23-22(39)20(12-17(28)2-3-19(29)27(40)41)48-26(23)37-15-33-21-24(30)31-14-32-25(21)37/h13-15,17,19-20,22-23,26,35,39H,2-12,16,28-29H2,1H3,(H,40,41)(H2,30,31,32)/t17-,19-,20+,22+,23+,26+/m0/s1. The Balaban J connectivity index is 1.26. The first-order chi connectivity index (χ1) is 23.4. The van der Waals surface area contributed by atoms with Gasteiger partial charge in [0.2, 0.25) is 10.0 Å². The Morgan fingerprint density at radius 2 is 1.82 bits per heavy atom. The van der Waals surface area contributed by atoms with E-state index in [0.717, 1.165) is 11.9 Å². The van der Waals surface area contributed by atoms with Gasteiger partial charge in [0, 0.05) is 12.5 Å². The number of hydrogen-bond acceptors (Lipinski definition) is 17. The van der Waals surface area contributed by atoms with E-state index in [4.69, 9.17) is 46.0 Å². The number of carbonyl (C=O) groups is 1. The van der Waals surface area contributed by atoms with Crippen LogP contribution in [0.5, 0.6) is 0 Å². The van der Waals surface area contributed by atoms with Crippen molar-refractivity contribution >= 4 is 33.0 Å². The molecule has 0 unspecified atom stereocenters. The summed E-state index contributed by atoms with van der Waals surface area (Å²) in [4.78, 5) is 23.7. The van der Waals surface area contributed by atoms with Crippen molar-refractivity contribution in [3.8, 4) is 0 Å². The lowest BCUT2D eigenvalue weighted by Crippen LogP contribution is -2.38. The topological polar surface area (TPSA) is 302 Å². The molecule has 0 amide bonds. The number of carboxylic acid groups (broad SMARTS) is 1. The Morgan fingerprint density at radius 3 is 2.55 bits per heavy atom. The number of nitrogens with one attached hydrogen (secondary N) is 1. The van der Waals surface area contributed by atoms with Crippen LogP contribution in [0.25, 0.3) is 11.2 Å². The van der Waals surface area contributed by atoms with Gasteiger partial charge in [0.25, 0.3) is 0 Å². The third kappa shape index (κ3) is 11.6. The van der Waals surface area contributed by atoms with E-state index in [1.54, 1.807) is 15.4 Å². The number of aliphatic hydroxyl groups excluding tert-OH is 1. The largest absolute Gasteiger partial charge is 0.480 e. The summed E-state index contributed by atoms with van der Waals surface area (Å²) in [5, 5.41) is 28.6. The number of nitrogens with two attached hydrogens (primary N) is 3. The van der Waals surface area contributed by atoms with E-state index in [-0.39, 0.29) is 45.2 Å².